The highest BCUT2D eigenvalue weighted by Gasteiger charge is 2.17. The van der Waals surface area contributed by atoms with Crippen LogP contribution in [-0.2, 0) is 9.59 Å². The van der Waals surface area contributed by atoms with Crippen LogP contribution in [0.4, 0.5) is 5.82 Å². The smallest absolute Gasteiger partial charge is 0.245 e. The molecule has 0 bridgehead atoms. The van der Waals surface area contributed by atoms with E-state index in [1.54, 1.807) is 11.0 Å². The van der Waals surface area contributed by atoms with Gasteiger partial charge in [0.25, 0.3) is 0 Å². The quantitative estimate of drug-likeness (QED) is 0.305. The second-order valence-electron chi connectivity index (χ2n) is 7.89. The predicted molar refractivity (Wildman–Crippen MR) is 118 cm³/mol. The number of hydrogen-bond acceptors (Lipinski definition) is 4. The molecule has 1 aromatic heterocycles. The Bertz CT molecular complexity index is 531. The molecule has 0 aliphatic carbocycles. The van der Waals surface area contributed by atoms with Gasteiger partial charge >= 0.3 is 0 Å². The number of unbranched alkanes of at least 4 members (excludes halogenated alkanes) is 11. The van der Waals surface area contributed by atoms with Crippen molar-refractivity contribution in [1.82, 2.24) is 10.1 Å². The number of aromatic nitrogens is 1. The van der Waals surface area contributed by atoms with Crippen LogP contribution in [0.15, 0.2) is 16.9 Å². The number of nitrogens with one attached hydrogen (secondary N) is 1. The molecule has 0 aromatic carbocycles. The Morgan fingerprint density at radius 1 is 0.897 bits per heavy atom. The monoisotopic (exact) mass is 407 g/mol. The third-order valence-electron chi connectivity index (χ3n) is 5.17. The van der Waals surface area contributed by atoms with E-state index >= 15 is 0 Å². The van der Waals surface area contributed by atoms with Gasteiger partial charge in [-0.15, -0.1) is 0 Å². The minimum absolute atomic E-state index is 0.0731. The van der Waals surface area contributed by atoms with Crippen LogP contribution in [0.1, 0.15) is 104 Å². The first-order chi connectivity index (χ1) is 14.2. The van der Waals surface area contributed by atoms with Gasteiger partial charge in [-0.05, 0) is 12.8 Å². The zero-order chi connectivity index (χ0) is 21.2. The van der Waals surface area contributed by atoms with Gasteiger partial charge in [-0.3, -0.25) is 9.59 Å². The fourth-order valence-corrected chi connectivity index (χ4v) is 3.37. The molecule has 6 nitrogen and oxygen atoms in total. The van der Waals surface area contributed by atoms with E-state index in [2.05, 4.69) is 24.3 Å². The van der Waals surface area contributed by atoms with E-state index in [1.165, 1.54) is 64.1 Å². The molecule has 0 atom stereocenters. The number of carbonyl (C=O) groups is 2. The lowest BCUT2D eigenvalue weighted by molar-refractivity contribution is -0.134. The average molecular weight is 408 g/mol. The van der Waals surface area contributed by atoms with Crippen LogP contribution in [0.2, 0.25) is 0 Å². The number of anilines is 1. The molecule has 0 radical (unpaired) electrons. The van der Waals surface area contributed by atoms with Crippen molar-refractivity contribution >= 4 is 17.6 Å². The van der Waals surface area contributed by atoms with Crippen LogP contribution in [0.25, 0.3) is 0 Å². The normalized spacial score (nSPS) is 10.8. The molecule has 0 fully saturated rings. The molecule has 0 saturated heterocycles. The molecule has 1 aromatic rings. The zero-order valence-electron chi connectivity index (χ0n) is 18.6. The summed E-state index contributed by atoms with van der Waals surface area (Å²) >= 11 is 0. The van der Waals surface area contributed by atoms with Crippen LogP contribution in [0.3, 0.4) is 0 Å². The van der Waals surface area contributed by atoms with Gasteiger partial charge < -0.3 is 14.7 Å². The van der Waals surface area contributed by atoms with Gasteiger partial charge in [0.05, 0.1) is 6.54 Å². The summed E-state index contributed by atoms with van der Waals surface area (Å²) in [4.78, 5) is 26.4. The van der Waals surface area contributed by atoms with Crippen LogP contribution in [0, 0.1) is 0 Å². The van der Waals surface area contributed by atoms with Crippen LogP contribution in [-0.4, -0.2) is 35.0 Å². The van der Waals surface area contributed by atoms with E-state index in [-0.39, 0.29) is 18.4 Å². The number of hydrogen-bond donors (Lipinski definition) is 1. The van der Waals surface area contributed by atoms with Gasteiger partial charge in [-0.25, -0.2) is 0 Å². The van der Waals surface area contributed by atoms with Crippen LogP contribution >= 0.6 is 0 Å². The molecular weight excluding hydrogens is 366 g/mol. The Balaban J connectivity index is 2.15. The highest BCUT2D eigenvalue weighted by atomic mass is 16.5. The SMILES string of the molecule is CCCCCCCCCCCCCC(=O)N(CCCC)CC(=O)Nc1ccon1. The fourth-order valence-electron chi connectivity index (χ4n) is 3.37. The first-order valence-electron chi connectivity index (χ1n) is 11.6. The van der Waals surface area contributed by atoms with Crippen molar-refractivity contribution < 1.29 is 14.1 Å². The molecule has 0 aliphatic rings. The molecule has 166 valence electrons. The summed E-state index contributed by atoms with van der Waals surface area (Å²) in [7, 11) is 0. The molecule has 29 heavy (non-hydrogen) atoms. The average Bonchev–Trinajstić information content (AvgIpc) is 3.22. The summed E-state index contributed by atoms with van der Waals surface area (Å²) in [5, 5.41) is 6.33. The van der Waals surface area contributed by atoms with Crippen LogP contribution in [0.5, 0.6) is 0 Å². The Morgan fingerprint density at radius 2 is 1.48 bits per heavy atom. The van der Waals surface area contributed by atoms with E-state index in [1.807, 2.05) is 0 Å². The first-order valence-corrected chi connectivity index (χ1v) is 11.6. The summed E-state index contributed by atoms with van der Waals surface area (Å²) in [6.07, 6.45) is 17.7. The third-order valence-corrected chi connectivity index (χ3v) is 5.17. The van der Waals surface area contributed by atoms with Crippen molar-refractivity contribution in [3.05, 3.63) is 12.3 Å². The van der Waals surface area contributed by atoms with E-state index in [0.29, 0.717) is 18.8 Å². The molecular formula is C23H41N3O3. The maximum atomic E-state index is 12.6. The number of nitrogens with zero attached hydrogens (tertiary/aromatic N) is 2. The standard InChI is InChI=1S/C23H41N3O3/c1-3-5-7-8-9-10-11-12-13-14-15-16-23(28)26(18-6-4-2)20-22(27)24-21-17-19-29-25-21/h17,19H,3-16,18,20H2,1-2H3,(H,24,25,27). The number of carbonyl (C=O) groups excluding carboxylic acids is 2. The second-order valence-corrected chi connectivity index (χ2v) is 7.89. The van der Waals surface area contributed by atoms with E-state index < -0.39 is 0 Å². The zero-order valence-corrected chi connectivity index (χ0v) is 18.6. The molecule has 6 heteroatoms. The van der Waals surface area contributed by atoms with Crippen molar-refractivity contribution in [3.8, 4) is 0 Å². The number of amides is 2. The fraction of sp³-hybridized carbons (Fsp3) is 0.783. The molecule has 1 rings (SSSR count). The van der Waals surface area contributed by atoms with E-state index in [0.717, 1.165) is 25.7 Å². The Hall–Kier alpha value is -1.85. The Kier molecular flexibility index (Phi) is 14.8. The van der Waals surface area contributed by atoms with Gasteiger partial charge in [0, 0.05) is 19.0 Å². The largest absolute Gasteiger partial charge is 0.363 e. The lowest BCUT2D eigenvalue weighted by Crippen LogP contribution is -2.38. The highest BCUT2D eigenvalue weighted by Crippen LogP contribution is 2.13. The molecule has 1 heterocycles. The van der Waals surface area contributed by atoms with Gasteiger partial charge in [0.15, 0.2) is 5.82 Å². The van der Waals surface area contributed by atoms with Crippen molar-refractivity contribution in [1.29, 1.82) is 0 Å². The minimum Gasteiger partial charge on any atom is -0.363 e. The predicted octanol–water partition coefficient (Wildman–Crippen LogP) is 5.94. The molecule has 0 aliphatic heterocycles. The first kappa shape index (κ1) is 25.2. The lowest BCUT2D eigenvalue weighted by Gasteiger charge is -2.22. The van der Waals surface area contributed by atoms with E-state index in [4.69, 9.17) is 4.52 Å². The molecule has 0 spiro atoms. The Morgan fingerprint density at radius 3 is 2.03 bits per heavy atom. The molecule has 2 amide bonds. The second kappa shape index (κ2) is 17.0. The van der Waals surface area contributed by atoms with Crippen molar-refractivity contribution in [2.75, 3.05) is 18.4 Å². The topological polar surface area (TPSA) is 75.4 Å². The van der Waals surface area contributed by atoms with Crippen molar-refractivity contribution in [2.45, 2.75) is 104 Å². The third kappa shape index (κ3) is 13.1. The van der Waals surface area contributed by atoms with Gasteiger partial charge in [0.2, 0.25) is 11.8 Å². The summed E-state index contributed by atoms with van der Waals surface area (Å²) in [5.74, 6) is 0.218. The van der Waals surface area contributed by atoms with Gasteiger partial charge in [0.1, 0.15) is 6.26 Å². The Labute approximate surface area is 176 Å². The summed E-state index contributed by atoms with van der Waals surface area (Å²) in [5.41, 5.74) is 0. The highest BCUT2D eigenvalue weighted by molar-refractivity contribution is 5.93. The van der Waals surface area contributed by atoms with Crippen molar-refractivity contribution in [3.63, 3.8) is 0 Å². The maximum absolute atomic E-state index is 12.6. The maximum Gasteiger partial charge on any atom is 0.245 e. The van der Waals surface area contributed by atoms with E-state index in [9.17, 15) is 9.59 Å². The van der Waals surface area contributed by atoms with Gasteiger partial charge in [-0.1, -0.05) is 89.6 Å². The summed E-state index contributed by atoms with van der Waals surface area (Å²) < 4.78 is 4.71. The summed E-state index contributed by atoms with van der Waals surface area (Å²) in [6, 6.07) is 1.58. The molecule has 0 saturated carbocycles. The minimum atomic E-state index is -0.234. The molecule has 1 N–H and O–H groups in total. The van der Waals surface area contributed by atoms with Gasteiger partial charge in [-0.2, -0.15) is 0 Å². The lowest BCUT2D eigenvalue weighted by atomic mass is 10.1. The van der Waals surface area contributed by atoms with Crippen LogP contribution < -0.4 is 5.32 Å². The molecule has 0 unspecified atom stereocenters. The van der Waals surface area contributed by atoms with Crippen molar-refractivity contribution in [2.24, 2.45) is 0 Å². The summed E-state index contributed by atoms with van der Waals surface area (Å²) in [6.45, 7) is 5.03. The number of rotatable bonds is 18.